The van der Waals surface area contributed by atoms with E-state index in [-0.39, 0.29) is 17.5 Å². The summed E-state index contributed by atoms with van der Waals surface area (Å²) in [5.41, 5.74) is 3.17. The number of carboxylic acid groups (broad SMARTS) is 1. The third kappa shape index (κ3) is 3.98. The number of rotatable bonds is 7. The smallest absolute Gasteiger partial charge is 0.323 e. The van der Waals surface area contributed by atoms with E-state index >= 15 is 0 Å². The molecule has 180 valence electrons. The lowest BCUT2D eigenvalue weighted by molar-refractivity contribution is -0.137. The maximum atomic E-state index is 13.8. The average molecular weight is 491 g/mol. The van der Waals surface area contributed by atoms with Crippen molar-refractivity contribution in [2.24, 2.45) is 0 Å². The van der Waals surface area contributed by atoms with E-state index in [9.17, 15) is 18.3 Å². The number of hydrogen-bond acceptors (Lipinski definition) is 4. The molecule has 1 aromatic heterocycles. The van der Waals surface area contributed by atoms with Gasteiger partial charge in [0.15, 0.2) is 0 Å². The van der Waals surface area contributed by atoms with Crippen LogP contribution in [0.2, 0.25) is 0 Å². The maximum Gasteiger partial charge on any atom is 0.323 e. The van der Waals surface area contributed by atoms with Crippen LogP contribution in [-0.2, 0) is 27.8 Å². The minimum Gasteiger partial charge on any atom is -0.497 e. The lowest BCUT2D eigenvalue weighted by atomic mass is 9.96. The molecule has 0 bridgehead atoms. The first kappa shape index (κ1) is 23.1. The van der Waals surface area contributed by atoms with Crippen LogP contribution in [0.3, 0.4) is 0 Å². The summed E-state index contributed by atoms with van der Waals surface area (Å²) in [5.74, 6) is -0.358. The minimum absolute atomic E-state index is 0.233. The van der Waals surface area contributed by atoms with E-state index < -0.39 is 22.0 Å². The van der Waals surface area contributed by atoms with Crippen molar-refractivity contribution >= 4 is 26.9 Å². The molecule has 35 heavy (non-hydrogen) atoms. The van der Waals surface area contributed by atoms with Crippen LogP contribution >= 0.6 is 0 Å². The number of nitrogens with zero attached hydrogens (tertiary/aromatic N) is 2. The van der Waals surface area contributed by atoms with Crippen molar-refractivity contribution in [3.05, 3.63) is 95.7 Å². The topological polar surface area (TPSA) is 88.8 Å². The summed E-state index contributed by atoms with van der Waals surface area (Å²) in [5, 5.41) is 10.3. The third-order valence-corrected chi connectivity index (χ3v) is 8.60. The third-order valence-electron chi connectivity index (χ3n) is 6.55. The van der Waals surface area contributed by atoms with Crippen LogP contribution in [-0.4, -0.2) is 41.5 Å². The highest BCUT2D eigenvalue weighted by molar-refractivity contribution is 7.89. The molecule has 8 heteroatoms. The van der Waals surface area contributed by atoms with Crippen molar-refractivity contribution in [1.82, 2.24) is 8.87 Å². The fourth-order valence-electron chi connectivity index (χ4n) is 5.10. The normalized spacial score (nSPS) is 17.8. The number of ether oxygens (including phenoxy) is 1. The van der Waals surface area contributed by atoms with E-state index in [4.69, 9.17) is 4.74 Å². The van der Waals surface area contributed by atoms with Gasteiger partial charge in [0.1, 0.15) is 12.3 Å². The summed E-state index contributed by atoms with van der Waals surface area (Å²) in [4.78, 5) is 11.9. The van der Waals surface area contributed by atoms with Crippen LogP contribution in [0.5, 0.6) is 5.75 Å². The van der Waals surface area contributed by atoms with Gasteiger partial charge in [0, 0.05) is 28.7 Å². The Balaban J connectivity index is 1.72. The molecule has 5 rings (SSSR count). The Bertz CT molecular complexity index is 1510. The number of methoxy groups -OCH3 is 1. The summed E-state index contributed by atoms with van der Waals surface area (Å²) < 4.78 is 36.4. The van der Waals surface area contributed by atoms with Crippen LogP contribution in [0.4, 0.5) is 0 Å². The zero-order chi connectivity index (χ0) is 24.7. The quantitative estimate of drug-likeness (QED) is 0.413. The first-order chi connectivity index (χ1) is 16.8. The maximum absolute atomic E-state index is 13.8. The van der Waals surface area contributed by atoms with Gasteiger partial charge in [-0.2, -0.15) is 4.31 Å². The number of benzene rings is 3. The monoisotopic (exact) mass is 490 g/mol. The largest absolute Gasteiger partial charge is 0.497 e. The summed E-state index contributed by atoms with van der Waals surface area (Å²) in [6, 6.07) is 21.3. The number of aromatic nitrogens is 1. The molecule has 0 aliphatic carbocycles. The van der Waals surface area contributed by atoms with Gasteiger partial charge in [-0.1, -0.05) is 48.5 Å². The fraction of sp³-hybridized carbons (Fsp3) is 0.222. The second-order valence-corrected chi connectivity index (χ2v) is 10.6. The number of fused-ring (bicyclic) bond motifs is 2. The van der Waals surface area contributed by atoms with E-state index in [1.54, 1.807) is 40.4 Å². The highest BCUT2D eigenvalue weighted by Crippen LogP contribution is 2.47. The molecule has 2 unspecified atom stereocenters. The first-order valence-electron chi connectivity index (χ1n) is 11.4. The molecule has 2 heterocycles. The Hall–Kier alpha value is -3.62. The Morgan fingerprint density at radius 1 is 1.03 bits per heavy atom. The molecule has 0 spiro atoms. The van der Waals surface area contributed by atoms with Crippen molar-refractivity contribution in [2.75, 3.05) is 7.11 Å². The number of carboxylic acids is 1. The van der Waals surface area contributed by atoms with E-state index in [0.29, 0.717) is 23.3 Å². The predicted octanol–water partition coefficient (Wildman–Crippen LogP) is 4.46. The Morgan fingerprint density at radius 2 is 1.74 bits per heavy atom. The van der Waals surface area contributed by atoms with Gasteiger partial charge in [-0.25, -0.2) is 8.42 Å². The van der Waals surface area contributed by atoms with Gasteiger partial charge in [-0.05, 0) is 48.7 Å². The number of hydrogen-bond donors (Lipinski definition) is 1. The van der Waals surface area contributed by atoms with Gasteiger partial charge in [-0.15, -0.1) is 0 Å². The number of carbonyl (C=O) groups is 1. The molecule has 1 aliphatic heterocycles. The molecule has 0 radical (unpaired) electrons. The van der Waals surface area contributed by atoms with Crippen molar-refractivity contribution in [3.63, 3.8) is 0 Å². The van der Waals surface area contributed by atoms with E-state index in [0.717, 1.165) is 16.5 Å². The second-order valence-electron chi connectivity index (χ2n) is 8.80. The molecular weight excluding hydrogens is 464 g/mol. The van der Waals surface area contributed by atoms with Crippen molar-refractivity contribution in [3.8, 4) is 5.75 Å². The molecule has 0 amide bonds. The Kier molecular flexibility index (Phi) is 5.86. The molecule has 0 saturated carbocycles. The van der Waals surface area contributed by atoms with Crippen LogP contribution in [0.1, 0.15) is 29.7 Å². The number of sulfonamides is 1. The van der Waals surface area contributed by atoms with Gasteiger partial charge in [-0.3, -0.25) is 4.79 Å². The van der Waals surface area contributed by atoms with E-state index in [2.05, 4.69) is 0 Å². The molecule has 3 aromatic carbocycles. The summed E-state index contributed by atoms with van der Waals surface area (Å²) >= 11 is 0. The van der Waals surface area contributed by atoms with Gasteiger partial charge in [0.05, 0.1) is 18.0 Å². The van der Waals surface area contributed by atoms with Gasteiger partial charge in [0.25, 0.3) is 0 Å². The summed E-state index contributed by atoms with van der Waals surface area (Å²) in [6.45, 7) is 1.68. The molecule has 1 N–H and O–H groups in total. The molecule has 2 atom stereocenters. The van der Waals surface area contributed by atoms with Crippen LogP contribution in [0.15, 0.2) is 83.9 Å². The molecule has 4 aromatic rings. The van der Waals surface area contributed by atoms with Crippen molar-refractivity contribution in [1.29, 1.82) is 0 Å². The predicted molar refractivity (Wildman–Crippen MR) is 133 cm³/mol. The van der Waals surface area contributed by atoms with E-state index in [1.165, 1.54) is 0 Å². The van der Waals surface area contributed by atoms with Gasteiger partial charge >= 0.3 is 5.97 Å². The zero-order valence-electron chi connectivity index (χ0n) is 19.5. The van der Waals surface area contributed by atoms with Crippen LogP contribution in [0.25, 0.3) is 10.9 Å². The second kappa shape index (κ2) is 8.87. The standard InChI is InChI=1S/C27H26N2O5S/c1-18(14-19-8-4-3-5-9-19)29-27(21-10-6-7-11-25(21)35(29,32)33)23-16-28(17-26(30)31)24-13-12-20(34-2)15-22(23)24/h3-13,15-16,18,27H,14,17H2,1-2H3,(H,30,31). The van der Waals surface area contributed by atoms with Crippen LogP contribution in [0, 0.1) is 0 Å². The molecular formula is C27H26N2O5S. The minimum atomic E-state index is -3.78. The Morgan fingerprint density at radius 3 is 2.46 bits per heavy atom. The fourth-order valence-corrected chi connectivity index (χ4v) is 7.11. The molecule has 7 nitrogen and oxygen atoms in total. The average Bonchev–Trinajstić information content (AvgIpc) is 3.30. The SMILES string of the molecule is COc1ccc2c(c1)c(C1c3ccccc3S(=O)(=O)N1C(C)Cc1ccccc1)cn2CC(=O)O. The summed E-state index contributed by atoms with van der Waals surface area (Å²) in [7, 11) is -2.22. The number of aliphatic carboxylic acids is 1. The van der Waals surface area contributed by atoms with Gasteiger partial charge < -0.3 is 14.4 Å². The van der Waals surface area contributed by atoms with Crippen LogP contribution < -0.4 is 4.74 Å². The highest BCUT2D eigenvalue weighted by atomic mass is 32.2. The lowest BCUT2D eigenvalue weighted by Gasteiger charge is -2.29. The highest BCUT2D eigenvalue weighted by Gasteiger charge is 2.46. The zero-order valence-corrected chi connectivity index (χ0v) is 20.3. The molecule has 0 fully saturated rings. The van der Waals surface area contributed by atoms with Crippen molar-refractivity contribution < 1.29 is 23.1 Å². The Labute approximate surface area is 204 Å². The lowest BCUT2D eigenvalue weighted by Crippen LogP contribution is -2.38. The summed E-state index contributed by atoms with van der Waals surface area (Å²) in [6.07, 6.45) is 2.31. The van der Waals surface area contributed by atoms with E-state index in [1.807, 2.05) is 61.5 Å². The van der Waals surface area contributed by atoms with Crippen molar-refractivity contribution in [2.45, 2.75) is 36.9 Å². The van der Waals surface area contributed by atoms with Gasteiger partial charge in [0.2, 0.25) is 10.0 Å². The molecule has 0 saturated heterocycles. The molecule has 1 aliphatic rings. The first-order valence-corrected chi connectivity index (χ1v) is 12.8.